The second kappa shape index (κ2) is 12.6. The molecule has 1 aliphatic carbocycles. The fourth-order valence-corrected chi connectivity index (χ4v) is 5.90. The summed E-state index contributed by atoms with van der Waals surface area (Å²) in [4.78, 5) is 33.7. The summed E-state index contributed by atoms with van der Waals surface area (Å²) in [5.41, 5.74) is 3.61. The van der Waals surface area contributed by atoms with Crippen LogP contribution in [0.2, 0.25) is 0 Å². The molecule has 6 nitrogen and oxygen atoms in total. The van der Waals surface area contributed by atoms with Crippen molar-refractivity contribution in [2.75, 3.05) is 11.9 Å². The monoisotopic (exact) mass is 541 g/mol. The van der Waals surface area contributed by atoms with Crippen molar-refractivity contribution in [3.63, 3.8) is 0 Å². The van der Waals surface area contributed by atoms with E-state index in [1.54, 1.807) is 19.2 Å². The molecule has 3 aromatic carbocycles. The summed E-state index contributed by atoms with van der Waals surface area (Å²) in [6.45, 7) is 0. The highest BCUT2D eigenvalue weighted by Crippen LogP contribution is 2.33. The molecule has 2 amide bonds. The SMILES string of the molecule is CN1C(=O)[C@@H](NC(=O)C(CC2CCCC2)[C@@H](O)CCc2ccccc2)N=C(c2ccc(F)cc2)c2ccccc21. The quantitative estimate of drug-likeness (QED) is 0.387. The van der Waals surface area contributed by atoms with Crippen molar-refractivity contribution in [2.45, 2.75) is 57.2 Å². The number of para-hydroxylation sites is 1. The molecule has 0 spiro atoms. The minimum atomic E-state index is -1.18. The van der Waals surface area contributed by atoms with Gasteiger partial charge in [0.15, 0.2) is 0 Å². The minimum absolute atomic E-state index is 0.368. The van der Waals surface area contributed by atoms with Gasteiger partial charge in [-0.15, -0.1) is 0 Å². The smallest absolute Gasteiger partial charge is 0.272 e. The molecule has 2 aliphatic rings. The number of benzodiazepines with no additional fused rings is 1. The van der Waals surface area contributed by atoms with Gasteiger partial charge in [-0.3, -0.25) is 9.59 Å². The zero-order valence-corrected chi connectivity index (χ0v) is 22.8. The number of aryl methyl sites for hydroxylation is 1. The van der Waals surface area contributed by atoms with Crippen molar-refractivity contribution in [2.24, 2.45) is 16.8 Å². The normalized spacial score (nSPS) is 19.0. The molecule has 0 bridgehead atoms. The molecule has 1 unspecified atom stereocenters. The number of carbonyl (C=O) groups is 2. The van der Waals surface area contributed by atoms with Crippen LogP contribution in [0.15, 0.2) is 83.9 Å². The second-order valence-electron chi connectivity index (χ2n) is 10.9. The maximum atomic E-state index is 13.8. The highest BCUT2D eigenvalue weighted by Gasteiger charge is 2.36. The van der Waals surface area contributed by atoms with E-state index < -0.39 is 18.2 Å². The fourth-order valence-electron chi connectivity index (χ4n) is 5.90. The molecule has 0 radical (unpaired) electrons. The van der Waals surface area contributed by atoms with Crippen LogP contribution in [0, 0.1) is 17.7 Å². The zero-order chi connectivity index (χ0) is 28.1. The Kier molecular flexibility index (Phi) is 8.70. The molecule has 0 saturated heterocycles. The molecule has 1 aliphatic heterocycles. The molecule has 0 aromatic heterocycles. The summed E-state index contributed by atoms with van der Waals surface area (Å²) in [6, 6.07) is 23.2. The van der Waals surface area contributed by atoms with E-state index in [2.05, 4.69) is 5.32 Å². The molecule has 3 atom stereocenters. The number of hydrogen-bond acceptors (Lipinski definition) is 4. The standard InChI is InChI=1S/C33H36FN3O3/c1-37-28-14-8-7-13-26(28)30(24-16-18-25(34)19-17-24)35-31(33(37)40)36-32(39)27(21-23-11-5-6-12-23)29(38)20-15-22-9-3-2-4-10-22/h2-4,7-10,13-14,16-19,23,27,29,31,38H,5-6,11-12,15,20-21H2,1H3,(H,36,39)/t27?,29-,31+/m0/s1. The molecule has 3 aromatic rings. The van der Waals surface area contributed by atoms with Gasteiger partial charge in [-0.25, -0.2) is 9.38 Å². The summed E-state index contributed by atoms with van der Waals surface area (Å²) < 4.78 is 13.7. The highest BCUT2D eigenvalue weighted by atomic mass is 19.1. The molecule has 40 heavy (non-hydrogen) atoms. The van der Waals surface area contributed by atoms with Gasteiger partial charge in [0.1, 0.15) is 5.82 Å². The van der Waals surface area contributed by atoms with Crippen molar-refractivity contribution >= 4 is 23.2 Å². The number of likely N-dealkylation sites (N-methyl/N-ethyl adjacent to an activating group) is 1. The lowest BCUT2D eigenvalue weighted by Crippen LogP contribution is -2.49. The van der Waals surface area contributed by atoms with E-state index in [0.29, 0.717) is 47.7 Å². The van der Waals surface area contributed by atoms with Crippen LogP contribution in [0.3, 0.4) is 0 Å². The number of halogens is 1. The molecule has 1 fully saturated rings. The summed E-state index contributed by atoms with van der Waals surface area (Å²) in [5.74, 6) is -1.40. The van der Waals surface area contributed by atoms with Crippen LogP contribution >= 0.6 is 0 Å². The fraction of sp³-hybridized carbons (Fsp3) is 0.364. The number of amides is 2. The minimum Gasteiger partial charge on any atom is -0.392 e. The molecule has 2 N–H and O–H groups in total. The Labute approximate surface area is 234 Å². The van der Waals surface area contributed by atoms with Gasteiger partial charge < -0.3 is 15.3 Å². The van der Waals surface area contributed by atoms with E-state index in [0.717, 1.165) is 31.2 Å². The Morgan fingerprint density at radius 1 is 1.02 bits per heavy atom. The van der Waals surface area contributed by atoms with Crippen LogP contribution in [0.4, 0.5) is 10.1 Å². The first-order chi connectivity index (χ1) is 19.4. The van der Waals surface area contributed by atoms with Gasteiger partial charge in [0.25, 0.3) is 5.91 Å². The lowest BCUT2D eigenvalue weighted by atomic mass is 9.86. The maximum absolute atomic E-state index is 13.8. The third-order valence-electron chi connectivity index (χ3n) is 8.17. The van der Waals surface area contributed by atoms with Crippen LogP contribution in [0.5, 0.6) is 0 Å². The zero-order valence-electron chi connectivity index (χ0n) is 22.8. The average Bonchev–Trinajstić information content (AvgIpc) is 3.47. The van der Waals surface area contributed by atoms with E-state index in [4.69, 9.17) is 4.99 Å². The van der Waals surface area contributed by atoms with Crippen LogP contribution in [-0.4, -0.2) is 41.9 Å². The Morgan fingerprint density at radius 3 is 2.42 bits per heavy atom. The van der Waals surface area contributed by atoms with Gasteiger partial charge in [0.2, 0.25) is 12.1 Å². The van der Waals surface area contributed by atoms with Gasteiger partial charge in [-0.05, 0) is 61.1 Å². The third-order valence-corrected chi connectivity index (χ3v) is 8.17. The number of aliphatic imine (C=N–C) groups is 1. The number of rotatable bonds is 9. The molecule has 5 rings (SSSR count). The van der Waals surface area contributed by atoms with Crippen LogP contribution < -0.4 is 10.2 Å². The number of anilines is 1. The Morgan fingerprint density at radius 2 is 1.70 bits per heavy atom. The summed E-state index contributed by atoms with van der Waals surface area (Å²) >= 11 is 0. The van der Waals surface area contributed by atoms with Crippen LogP contribution in [0.1, 0.15) is 55.2 Å². The number of benzene rings is 3. The van der Waals surface area contributed by atoms with Crippen LogP contribution in [0.25, 0.3) is 0 Å². The first-order valence-electron chi connectivity index (χ1n) is 14.1. The second-order valence-corrected chi connectivity index (χ2v) is 10.9. The summed E-state index contributed by atoms with van der Waals surface area (Å²) in [7, 11) is 1.66. The van der Waals surface area contributed by atoms with Crippen molar-refractivity contribution in [3.8, 4) is 0 Å². The van der Waals surface area contributed by atoms with Gasteiger partial charge in [0.05, 0.1) is 23.4 Å². The van der Waals surface area contributed by atoms with E-state index in [9.17, 15) is 19.1 Å². The third kappa shape index (κ3) is 6.31. The number of nitrogens with one attached hydrogen (secondary N) is 1. The average molecular weight is 542 g/mol. The predicted molar refractivity (Wildman–Crippen MR) is 155 cm³/mol. The highest BCUT2D eigenvalue weighted by molar-refractivity contribution is 6.20. The Bertz CT molecular complexity index is 1350. The predicted octanol–water partition coefficient (Wildman–Crippen LogP) is 5.27. The lowest BCUT2D eigenvalue weighted by Gasteiger charge is -2.27. The summed E-state index contributed by atoms with van der Waals surface area (Å²) in [5, 5.41) is 14.2. The molecule has 7 heteroatoms. The molecular weight excluding hydrogens is 505 g/mol. The number of carbonyl (C=O) groups excluding carboxylic acids is 2. The number of hydrogen-bond donors (Lipinski definition) is 2. The van der Waals surface area contributed by atoms with Crippen molar-refractivity contribution in [3.05, 3.63) is 101 Å². The van der Waals surface area contributed by atoms with E-state index in [1.807, 2.05) is 54.6 Å². The lowest BCUT2D eigenvalue weighted by molar-refractivity contribution is -0.133. The van der Waals surface area contributed by atoms with E-state index in [1.165, 1.54) is 17.0 Å². The summed E-state index contributed by atoms with van der Waals surface area (Å²) in [6.07, 6.45) is 4.00. The van der Waals surface area contributed by atoms with Crippen molar-refractivity contribution < 1.29 is 19.1 Å². The van der Waals surface area contributed by atoms with Crippen LogP contribution in [-0.2, 0) is 16.0 Å². The van der Waals surface area contributed by atoms with Gasteiger partial charge in [-0.1, -0.05) is 74.2 Å². The molecule has 208 valence electrons. The maximum Gasteiger partial charge on any atom is 0.272 e. The number of aliphatic hydroxyl groups is 1. The van der Waals surface area contributed by atoms with Gasteiger partial charge in [-0.2, -0.15) is 0 Å². The van der Waals surface area contributed by atoms with Gasteiger partial charge in [0, 0.05) is 18.2 Å². The Balaban J connectivity index is 1.42. The molecule has 1 heterocycles. The topological polar surface area (TPSA) is 82.0 Å². The molecule has 1 saturated carbocycles. The first-order valence-corrected chi connectivity index (χ1v) is 14.1. The Hall–Kier alpha value is -3.84. The van der Waals surface area contributed by atoms with Crippen molar-refractivity contribution in [1.29, 1.82) is 0 Å². The van der Waals surface area contributed by atoms with Crippen molar-refractivity contribution in [1.82, 2.24) is 5.32 Å². The molecular formula is C33H36FN3O3. The first kappa shape index (κ1) is 27.7. The van der Waals surface area contributed by atoms with E-state index in [-0.39, 0.29) is 17.6 Å². The number of fused-ring (bicyclic) bond motifs is 1. The largest absolute Gasteiger partial charge is 0.392 e. The number of nitrogens with zero attached hydrogens (tertiary/aromatic N) is 2. The van der Waals surface area contributed by atoms with E-state index >= 15 is 0 Å². The van der Waals surface area contributed by atoms with Gasteiger partial charge >= 0.3 is 0 Å². The number of aliphatic hydroxyl groups excluding tert-OH is 1.